The van der Waals surface area contributed by atoms with Crippen LogP contribution in [0, 0.1) is 11.3 Å². The Balaban J connectivity index is 2.06. The monoisotopic (exact) mass is 444 g/mol. The SMILES string of the molecule is CCOP(=O)(Cc1ccc(C(=O)N[C@@H](Cc2ccc(C#N)cc2)C(=O)O)cc1)OCC. The average molecular weight is 444 g/mol. The number of carbonyl (C=O) groups is 2. The van der Waals surface area contributed by atoms with E-state index in [4.69, 9.17) is 14.3 Å². The number of amides is 1. The van der Waals surface area contributed by atoms with Gasteiger partial charge in [0.15, 0.2) is 0 Å². The molecular formula is C22H25N2O6P. The zero-order valence-electron chi connectivity index (χ0n) is 17.4. The van der Waals surface area contributed by atoms with Crippen molar-refractivity contribution in [3.63, 3.8) is 0 Å². The molecule has 0 aliphatic rings. The van der Waals surface area contributed by atoms with Crippen molar-refractivity contribution in [3.05, 3.63) is 70.8 Å². The van der Waals surface area contributed by atoms with E-state index in [1.165, 1.54) is 12.1 Å². The molecule has 0 aliphatic carbocycles. The van der Waals surface area contributed by atoms with E-state index in [1.807, 2.05) is 6.07 Å². The predicted octanol–water partition coefficient (Wildman–Crippen LogP) is 3.75. The van der Waals surface area contributed by atoms with Gasteiger partial charge >= 0.3 is 13.6 Å². The Morgan fingerprint density at radius 2 is 1.58 bits per heavy atom. The molecule has 9 heteroatoms. The Bertz CT molecular complexity index is 973. The average Bonchev–Trinajstić information content (AvgIpc) is 2.74. The number of nitriles is 1. The van der Waals surface area contributed by atoms with E-state index in [0.29, 0.717) is 16.7 Å². The molecule has 1 amide bonds. The van der Waals surface area contributed by atoms with Gasteiger partial charge in [0.2, 0.25) is 0 Å². The van der Waals surface area contributed by atoms with E-state index in [2.05, 4.69) is 5.32 Å². The maximum Gasteiger partial charge on any atom is 0.335 e. The third-order valence-electron chi connectivity index (χ3n) is 4.37. The Morgan fingerprint density at radius 3 is 2.06 bits per heavy atom. The topological polar surface area (TPSA) is 126 Å². The van der Waals surface area contributed by atoms with Gasteiger partial charge in [-0.05, 0) is 49.2 Å². The van der Waals surface area contributed by atoms with Crippen LogP contribution in [0.2, 0.25) is 0 Å². The molecule has 0 fully saturated rings. The fourth-order valence-electron chi connectivity index (χ4n) is 2.90. The van der Waals surface area contributed by atoms with Crippen LogP contribution < -0.4 is 5.32 Å². The van der Waals surface area contributed by atoms with Gasteiger partial charge in [-0.15, -0.1) is 0 Å². The highest BCUT2D eigenvalue weighted by Crippen LogP contribution is 2.51. The molecule has 31 heavy (non-hydrogen) atoms. The van der Waals surface area contributed by atoms with Gasteiger partial charge in [0.05, 0.1) is 31.0 Å². The summed E-state index contributed by atoms with van der Waals surface area (Å²) in [4.78, 5) is 24.1. The van der Waals surface area contributed by atoms with Crippen molar-refractivity contribution in [3.8, 4) is 6.07 Å². The lowest BCUT2D eigenvalue weighted by molar-refractivity contribution is -0.139. The number of rotatable bonds is 11. The molecule has 0 saturated carbocycles. The van der Waals surface area contributed by atoms with Crippen molar-refractivity contribution in [2.75, 3.05) is 13.2 Å². The van der Waals surface area contributed by atoms with Gasteiger partial charge in [0, 0.05) is 12.0 Å². The normalized spacial score (nSPS) is 12.0. The van der Waals surface area contributed by atoms with Crippen LogP contribution >= 0.6 is 7.60 Å². The van der Waals surface area contributed by atoms with Crippen LogP contribution in [-0.2, 0) is 31.0 Å². The van der Waals surface area contributed by atoms with Crippen LogP contribution in [0.15, 0.2) is 48.5 Å². The number of nitrogens with zero attached hydrogens (tertiary/aromatic N) is 1. The van der Waals surface area contributed by atoms with Crippen LogP contribution in [0.4, 0.5) is 0 Å². The van der Waals surface area contributed by atoms with Crippen molar-refractivity contribution < 1.29 is 28.3 Å². The van der Waals surface area contributed by atoms with Crippen LogP contribution in [0.5, 0.6) is 0 Å². The largest absolute Gasteiger partial charge is 0.480 e. The molecule has 1 atom stereocenters. The molecule has 0 radical (unpaired) electrons. The van der Waals surface area contributed by atoms with Gasteiger partial charge in [-0.25, -0.2) is 4.79 Å². The Kier molecular flexibility index (Phi) is 8.95. The molecule has 0 unspecified atom stereocenters. The van der Waals surface area contributed by atoms with Crippen molar-refractivity contribution in [2.24, 2.45) is 0 Å². The zero-order valence-corrected chi connectivity index (χ0v) is 18.3. The van der Waals surface area contributed by atoms with Crippen LogP contribution in [0.3, 0.4) is 0 Å². The Labute approximate surface area is 181 Å². The van der Waals surface area contributed by atoms with Crippen molar-refractivity contribution >= 4 is 19.5 Å². The number of benzene rings is 2. The number of carboxylic acids is 1. The Morgan fingerprint density at radius 1 is 1.03 bits per heavy atom. The highest BCUT2D eigenvalue weighted by atomic mass is 31.2. The molecular weight excluding hydrogens is 419 g/mol. The number of aliphatic carboxylic acids is 1. The van der Waals surface area contributed by atoms with Crippen molar-refractivity contribution in [2.45, 2.75) is 32.5 Å². The number of nitrogens with one attached hydrogen (secondary N) is 1. The second kappa shape index (κ2) is 11.4. The van der Waals surface area contributed by atoms with E-state index in [1.54, 1.807) is 50.2 Å². The van der Waals surface area contributed by atoms with Crippen LogP contribution in [0.25, 0.3) is 0 Å². The summed E-state index contributed by atoms with van der Waals surface area (Å²) in [6.45, 7) is 3.98. The van der Waals surface area contributed by atoms with E-state index in [0.717, 1.165) is 0 Å². The van der Waals surface area contributed by atoms with Crippen molar-refractivity contribution in [1.82, 2.24) is 5.32 Å². The molecule has 0 aliphatic heterocycles. The van der Waals surface area contributed by atoms with Crippen molar-refractivity contribution in [1.29, 1.82) is 5.26 Å². The quantitative estimate of drug-likeness (QED) is 0.506. The van der Waals surface area contributed by atoms with E-state index < -0.39 is 25.5 Å². The second-order valence-corrected chi connectivity index (χ2v) is 8.73. The maximum atomic E-state index is 12.6. The molecule has 0 bridgehead atoms. The first-order valence-corrected chi connectivity index (χ1v) is 11.5. The lowest BCUT2D eigenvalue weighted by Gasteiger charge is -2.17. The minimum Gasteiger partial charge on any atom is -0.480 e. The van der Waals surface area contributed by atoms with Crippen LogP contribution in [-0.4, -0.2) is 36.2 Å². The number of carboxylic acid groups (broad SMARTS) is 1. The highest BCUT2D eigenvalue weighted by molar-refractivity contribution is 7.53. The van der Waals surface area contributed by atoms with Gasteiger partial charge in [-0.1, -0.05) is 24.3 Å². The standard InChI is InChI=1S/C22H25N2O6P/c1-3-29-31(28,30-4-2)15-18-9-11-19(12-10-18)21(25)24-20(22(26)27)13-16-5-7-17(14-23)8-6-16/h5-12,20H,3-4,13,15H2,1-2H3,(H,24,25)(H,26,27)/t20-/m0/s1. The van der Waals surface area contributed by atoms with Gasteiger partial charge in [0.1, 0.15) is 6.04 Å². The maximum absolute atomic E-state index is 12.6. The lowest BCUT2D eigenvalue weighted by atomic mass is 10.0. The van der Waals surface area contributed by atoms with Gasteiger partial charge in [-0.3, -0.25) is 9.36 Å². The number of hydrogen-bond acceptors (Lipinski definition) is 6. The summed E-state index contributed by atoms with van der Waals surface area (Å²) >= 11 is 0. The molecule has 8 nitrogen and oxygen atoms in total. The molecule has 2 aromatic rings. The first kappa shape index (κ1) is 24.3. The molecule has 0 saturated heterocycles. The third kappa shape index (κ3) is 7.34. The van der Waals surface area contributed by atoms with Gasteiger partial charge < -0.3 is 19.5 Å². The predicted molar refractivity (Wildman–Crippen MR) is 115 cm³/mol. The fraction of sp³-hybridized carbons (Fsp3) is 0.318. The summed E-state index contributed by atoms with van der Waals surface area (Å²) in [5, 5.41) is 20.8. The summed E-state index contributed by atoms with van der Waals surface area (Å²) in [5.41, 5.74) is 2.11. The summed E-state index contributed by atoms with van der Waals surface area (Å²) in [7, 11) is -3.26. The first-order chi connectivity index (χ1) is 14.8. The second-order valence-electron chi connectivity index (χ2n) is 6.68. The molecule has 0 aromatic heterocycles. The van der Waals surface area contributed by atoms with E-state index in [9.17, 15) is 19.3 Å². The van der Waals surface area contributed by atoms with Gasteiger partial charge in [-0.2, -0.15) is 5.26 Å². The molecule has 2 N–H and O–H groups in total. The smallest absolute Gasteiger partial charge is 0.335 e. The Hall–Kier alpha value is -2.98. The van der Waals surface area contributed by atoms with Crippen LogP contribution in [0.1, 0.15) is 40.9 Å². The van der Waals surface area contributed by atoms with Gasteiger partial charge in [0.25, 0.3) is 5.91 Å². The zero-order chi connectivity index (χ0) is 22.9. The summed E-state index contributed by atoms with van der Waals surface area (Å²) in [6.07, 6.45) is 0.157. The summed E-state index contributed by atoms with van der Waals surface area (Å²) < 4.78 is 23.2. The minimum absolute atomic E-state index is 0.0764. The fourth-order valence-corrected chi connectivity index (χ4v) is 4.60. The van der Waals surface area contributed by atoms with E-state index in [-0.39, 0.29) is 31.4 Å². The summed E-state index contributed by atoms with van der Waals surface area (Å²) in [5.74, 6) is -1.70. The molecule has 0 heterocycles. The highest BCUT2D eigenvalue weighted by Gasteiger charge is 2.25. The third-order valence-corrected chi connectivity index (χ3v) is 6.43. The first-order valence-electron chi connectivity index (χ1n) is 9.80. The number of carbonyl (C=O) groups excluding carboxylic acids is 1. The molecule has 2 rings (SSSR count). The van der Waals surface area contributed by atoms with E-state index >= 15 is 0 Å². The number of hydrogen-bond donors (Lipinski definition) is 2. The molecule has 2 aromatic carbocycles. The minimum atomic E-state index is -3.26. The lowest BCUT2D eigenvalue weighted by Crippen LogP contribution is -2.42. The summed E-state index contributed by atoms with van der Waals surface area (Å²) in [6, 6.07) is 13.7. The molecule has 164 valence electrons. The molecule has 0 spiro atoms.